The maximum Gasteiger partial charge on any atom is 0.170 e. The summed E-state index contributed by atoms with van der Waals surface area (Å²) in [6.07, 6.45) is 0. The second kappa shape index (κ2) is 4.24. The minimum absolute atomic E-state index is 0.0935. The first-order valence-electron chi connectivity index (χ1n) is 5.49. The number of hydrogen-bond acceptors (Lipinski definition) is 2. The molecule has 0 fully saturated rings. The van der Waals surface area contributed by atoms with Gasteiger partial charge in [0, 0.05) is 10.9 Å². The summed E-state index contributed by atoms with van der Waals surface area (Å²) >= 11 is 5.82. The summed E-state index contributed by atoms with van der Waals surface area (Å²) in [4.78, 5) is 0. The predicted octanol–water partition coefficient (Wildman–Crippen LogP) is 4.61. The van der Waals surface area contributed by atoms with Crippen LogP contribution in [-0.2, 0) is 0 Å². The Bertz CT molecular complexity index is 782. The number of para-hydroxylation sites is 1. The van der Waals surface area contributed by atoms with Crippen molar-refractivity contribution in [2.45, 2.75) is 0 Å². The molecule has 1 aromatic heterocycles. The van der Waals surface area contributed by atoms with E-state index < -0.39 is 11.6 Å². The molecule has 0 aliphatic heterocycles. The van der Waals surface area contributed by atoms with E-state index in [0.29, 0.717) is 10.9 Å². The molecule has 1 heterocycles. The number of nitrogen functional groups attached to an aromatic ring is 1. The molecule has 0 atom stereocenters. The fourth-order valence-corrected chi connectivity index (χ4v) is 2.15. The van der Waals surface area contributed by atoms with Crippen LogP contribution < -0.4 is 5.73 Å². The van der Waals surface area contributed by atoms with Crippen molar-refractivity contribution in [3.8, 4) is 11.3 Å². The van der Waals surface area contributed by atoms with Crippen molar-refractivity contribution < 1.29 is 13.2 Å². The first-order chi connectivity index (χ1) is 9.06. The van der Waals surface area contributed by atoms with Crippen LogP contribution in [0.25, 0.3) is 22.3 Å². The van der Waals surface area contributed by atoms with Gasteiger partial charge in [0.15, 0.2) is 11.4 Å². The van der Waals surface area contributed by atoms with Crippen molar-refractivity contribution in [2.75, 3.05) is 5.73 Å². The zero-order valence-corrected chi connectivity index (χ0v) is 10.3. The largest absolute Gasteiger partial charge is 0.453 e. The number of benzene rings is 2. The molecule has 0 bridgehead atoms. The van der Waals surface area contributed by atoms with Crippen LogP contribution in [0.3, 0.4) is 0 Å². The average molecular weight is 280 g/mol. The van der Waals surface area contributed by atoms with Gasteiger partial charge in [-0.05, 0) is 24.3 Å². The highest BCUT2D eigenvalue weighted by molar-refractivity contribution is 6.33. The van der Waals surface area contributed by atoms with Gasteiger partial charge < -0.3 is 10.2 Å². The Balaban J connectivity index is 2.28. The monoisotopic (exact) mass is 279 g/mol. The predicted molar refractivity (Wildman–Crippen MR) is 71.0 cm³/mol. The molecule has 2 N–H and O–H groups in total. The Morgan fingerprint density at radius 1 is 1.11 bits per heavy atom. The molecular weight excluding hydrogens is 272 g/mol. The SMILES string of the molecule is Nc1c(Cl)cc(F)cc1-c1cc2cccc(F)c2o1. The van der Waals surface area contributed by atoms with Crippen molar-refractivity contribution in [1.82, 2.24) is 0 Å². The lowest BCUT2D eigenvalue weighted by atomic mass is 10.1. The normalized spacial score (nSPS) is 11.1. The van der Waals surface area contributed by atoms with Gasteiger partial charge in [-0.15, -0.1) is 0 Å². The van der Waals surface area contributed by atoms with Gasteiger partial charge in [0.25, 0.3) is 0 Å². The standard InChI is InChI=1S/C14H8ClF2NO/c15-10-6-8(16)5-9(13(10)18)12-4-7-2-1-3-11(17)14(7)19-12/h1-6H,18H2. The van der Waals surface area contributed by atoms with Crippen molar-refractivity contribution >= 4 is 28.3 Å². The number of nitrogens with two attached hydrogens (primary N) is 1. The first-order valence-corrected chi connectivity index (χ1v) is 5.87. The van der Waals surface area contributed by atoms with Gasteiger partial charge >= 0.3 is 0 Å². The number of rotatable bonds is 1. The molecule has 0 saturated heterocycles. The number of hydrogen-bond donors (Lipinski definition) is 1. The van der Waals surface area contributed by atoms with E-state index in [4.69, 9.17) is 21.8 Å². The Labute approximate surface area is 112 Å². The molecule has 0 aliphatic rings. The van der Waals surface area contributed by atoms with Crippen LogP contribution in [0, 0.1) is 11.6 Å². The van der Waals surface area contributed by atoms with E-state index in [-0.39, 0.29) is 22.1 Å². The van der Waals surface area contributed by atoms with Crippen LogP contribution in [0.4, 0.5) is 14.5 Å². The molecule has 0 amide bonds. The topological polar surface area (TPSA) is 39.2 Å². The molecule has 0 spiro atoms. The van der Waals surface area contributed by atoms with Gasteiger partial charge in [0.2, 0.25) is 0 Å². The van der Waals surface area contributed by atoms with Crippen molar-refractivity contribution in [3.05, 3.63) is 53.1 Å². The third kappa shape index (κ3) is 1.94. The summed E-state index contributed by atoms with van der Waals surface area (Å²) in [5.74, 6) is -0.737. The molecule has 0 aliphatic carbocycles. The van der Waals surface area contributed by atoms with Crippen LogP contribution in [-0.4, -0.2) is 0 Å². The maximum absolute atomic E-state index is 13.5. The first kappa shape index (κ1) is 12.0. The molecule has 2 aromatic carbocycles. The van der Waals surface area contributed by atoms with E-state index in [1.165, 1.54) is 12.1 Å². The van der Waals surface area contributed by atoms with E-state index >= 15 is 0 Å². The fraction of sp³-hybridized carbons (Fsp3) is 0. The Morgan fingerprint density at radius 2 is 1.89 bits per heavy atom. The van der Waals surface area contributed by atoms with E-state index in [1.807, 2.05) is 0 Å². The number of anilines is 1. The number of furan rings is 1. The lowest BCUT2D eigenvalue weighted by molar-refractivity contribution is 0.568. The van der Waals surface area contributed by atoms with Crippen LogP contribution in [0.1, 0.15) is 0 Å². The maximum atomic E-state index is 13.5. The zero-order chi connectivity index (χ0) is 13.6. The van der Waals surface area contributed by atoms with Crippen LogP contribution in [0.15, 0.2) is 40.8 Å². The lowest BCUT2D eigenvalue weighted by Crippen LogP contribution is -1.92. The Hall–Kier alpha value is -2.07. The minimum Gasteiger partial charge on any atom is -0.453 e. The van der Waals surface area contributed by atoms with Crippen LogP contribution in [0.2, 0.25) is 5.02 Å². The summed E-state index contributed by atoms with van der Waals surface area (Å²) in [6.45, 7) is 0. The quantitative estimate of drug-likeness (QED) is 0.661. The summed E-state index contributed by atoms with van der Waals surface area (Å²) in [5, 5.41) is 0.672. The third-order valence-electron chi connectivity index (χ3n) is 2.86. The van der Waals surface area contributed by atoms with E-state index in [2.05, 4.69) is 0 Å². The second-order valence-electron chi connectivity index (χ2n) is 4.12. The number of fused-ring (bicyclic) bond motifs is 1. The van der Waals surface area contributed by atoms with Crippen molar-refractivity contribution in [3.63, 3.8) is 0 Å². The van der Waals surface area contributed by atoms with Crippen molar-refractivity contribution in [2.24, 2.45) is 0 Å². The molecule has 3 rings (SSSR count). The molecule has 3 aromatic rings. The minimum atomic E-state index is -0.532. The van der Waals surface area contributed by atoms with Gasteiger partial charge in [0.05, 0.1) is 10.7 Å². The van der Waals surface area contributed by atoms with Gasteiger partial charge in [-0.25, -0.2) is 8.78 Å². The Morgan fingerprint density at radius 3 is 2.63 bits per heavy atom. The highest BCUT2D eigenvalue weighted by Gasteiger charge is 2.14. The van der Waals surface area contributed by atoms with Gasteiger partial charge in [-0.2, -0.15) is 0 Å². The van der Waals surface area contributed by atoms with Gasteiger partial charge in [0.1, 0.15) is 11.6 Å². The summed E-state index contributed by atoms with van der Waals surface area (Å²) in [5.41, 5.74) is 6.40. The smallest absolute Gasteiger partial charge is 0.170 e. The molecule has 19 heavy (non-hydrogen) atoms. The molecular formula is C14H8ClF2NO. The van der Waals surface area contributed by atoms with Crippen molar-refractivity contribution in [1.29, 1.82) is 0 Å². The highest BCUT2D eigenvalue weighted by atomic mass is 35.5. The highest BCUT2D eigenvalue weighted by Crippen LogP contribution is 2.36. The average Bonchev–Trinajstić information content (AvgIpc) is 2.79. The molecule has 0 radical (unpaired) electrons. The second-order valence-corrected chi connectivity index (χ2v) is 4.52. The Kier molecular flexibility index (Phi) is 2.68. The summed E-state index contributed by atoms with van der Waals surface area (Å²) in [7, 11) is 0. The third-order valence-corrected chi connectivity index (χ3v) is 3.17. The van der Waals surface area contributed by atoms with Crippen LogP contribution in [0.5, 0.6) is 0 Å². The van der Waals surface area contributed by atoms with E-state index in [1.54, 1.807) is 18.2 Å². The van der Waals surface area contributed by atoms with Gasteiger partial charge in [-0.1, -0.05) is 23.7 Å². The zero-order valence-electron chi connectivity index (χ0n) is 9.58. The number of halogens is 3. The molecule has 5 heteroatoms. The van der Waals surface area contributed by atoms with Crippen LogP contribution >= 0.6 is 11.6 Å². The molecule has 0 saturated carbocycles. The lowest BCUT2D eigenvalue weighted by Gasteiger charge is -2.04. The van der Waals surface area contributed by atoms with E-state index in [0.717, 1.165) is 6.07 Å². The van der Waals surface area contributed by atoms with E-state index in [9.17, 15) is 8.78 Å². The van der Waals surface area contributed by atoms with Gasteiger partial charge in [-0.3, -0.25) is 0 Å². The molecule has 96 valence electrons. The molecule has 2 nitrogen and oxygen atoms in total. The summed E-state index contributed by atoms with van der Waals surface area (Å²) in [6, 6.07) is 8.47. The molecule has 0 unspecified atom stereocenters. The summed E-state index contributed by atoms with van der Waals surface area (Å²) < 4.78 is 32.3. The fourth-order valence-electron chi connectivity index (χ4n) is 1.95.